The number of likely N-dealkylation sites (tertiary alicyclic amines) is 1. The van der Waals surface area contributed by atoms with Gasteiger partial charge in [-0.2, -0.15) is 5.10 Å². The lowest BCUT2D eigenvalue weighted by Gasteiger charge is -2.68. The summed E-state index contributed by atoms with van der Waals surface area (Å²) in [5.74, 6) is 0.577. The first kappa shape index (κ1) is 20.0. The van der Waals surface area contributed by atoms with Gasteiger partial charge in [-0.25, -0.2) is 0 Å². The molecule has 3 heterocycles. The highest BCUT2D eigenvalue weighted by atomic mass is 16.5. The summed E-state index contributed by atoms with van der Waals surface area (Å²) in [6.07, 6.45) is 9.08. The zero-order valence-corrected chi connectivity index (χ0v) is 17.5. The molecule has 164 valence electrons. The number of amides is 1. The Morgan fingerprint density at radius 3 is 2.77 bits per heavy atom. The number of hydrogen-bond donors (Lipinski definition) is 2. The molecule has 3 aliphatic carbocycles. The number of nitrogens with one attached hydrogen (secondary N) is 1. The van der Waals surface area contributed by atoms with Crippen molar-refractivity contribution in [1.82, 2.24) is 20.1 Å². The molecule has 2 aromatic heterocycles. The third-order valence-electron chi connectivity index (χ3n) is 7.33. The first-order valence-electron chi connectivity index (χ1n) is 11.1. The number of aromatic amines is 1. The number of pyridine rings is 1. The summed E-state index contributed by atoms with van der Waals surface area (Å²) in [6.45, 7) is 2.10. The van der Waals surface area contributed by atoms with Gasteiger partial charge in [0.05, 0.1) is 29.6 Å². The third kappa shape index (κ3) is 3.79. The summed E-state index contributed by atoms with van der Waals surface area (Å²) < 4.78 is 5.94. The quantitative estimate of drug-likeness (QED) is 0.674. The van der Waals surface area contributed by atoms with Crippen molar-refractivity contribution >= 4 is 11.9 Å². The number of aliphatic carboxylic acids is 1. The van der Waals surface area contributed by atoms with Gasteiger partial charge in [-0.15, -0.1) is 0 Å². The van der Waals surface area contributed by atoms with E-state index >= 15 is 0 Å². The third-order valence-corrected chi connectivity index (χ3v) is 7.33. The summed E-state index contributed by atoms with van der Waals surface area (Å²) in [5, 5.41) is 16.1. The molecular formula is C23H28N4O4. The number of carbonyl (C=O) groups is 2. The molecule has 1 aliphatic heterocycles. The van der Waals surface area contributed by atoms with Gasteiger partial charge in [0.1, 0.15) is 5.75 Å². The standard InChI is InChI=1S/C23H28N4O4/c28-20(5-7-22-13-23(14-22,15-22)21(29)30)27-9-1-2-16(11-27)12-31-17-3-4-18(24-10-17)19-6-8-25-26-19/h3-4,6,8,10,16H,1-2,5,7,9,11-15H2,(H,25,26)(H,29,30)/t16-,22?,23?/m1/s1. The topological polar surface area (TPSA) is 108 Å². The van der Waals surface area contributed by atoms with E-state index in [0.717, 1.165) is 68.8 Å². The number of piperidine rings is 1. The summed E-state index contributed by atoms with van der Waals surface area (Å²) in [7, 11) is 0. The van der Waals surface area contributed by atoms with Crippen LogP contribution in [-0.2, 0) is 9.59 Å². The van der Waals surface area contributed by atoms with E-state index in [9.17, 15) is 14.7 Å². The second-order valence-electron chi connectivity index (χ2n) is 9.62. The summed E-state index contributed by atoms with van der Waals surface area (Å²) in [5.41, 5.74) is 1.35. The minimum atomic E-state index is -0.661. The molecule has 2 aromatic rings. The van der Waals surface area contributed by atoms with Gasteiger partial charge in [-0.05, 0) is 62.1 Å². The molecule has 0 radical (unpaired) electrons. The van der Waals surface area contributed by atoms with Crippen LogP contribution >= 0.6 is 0 Å². The number of carboxylic acids is 1. The number of carboxylic acid groups (broad SMARTS) is 1. The molecule has 2 bridgehead atoms. The van der Waals surface area contributed by atoms with Crippen LogP contribution in [0.15, 0.2) is 30.6 Å². The zero-order valence-electron chi connectivity index (χ0n) is 17.5. The lowest BCUT2D eigenvalue weighted by atomic mass is 9.34. The number of rotatable bonds is 8. The van der Waals surface area contributed by atoms with Crippen molar-refractivity contribution in [3.05, 3.63) is 30.6 Å². The number of hydrogen-bond acceptors (Lipinski definition) is 5. The highest BCUT2D eigenvalue weighted by Crippen LogP contribution is 2.75. The van der Waals surface area contributed by atoms with E-state index in [0.29, 0.717) is 18.9 Å². The molecule has 1 atom stereocenters. The second-order valence-corrected chi connectivity index (χ2v) is 9.62. The molecular weight excluding hydrogens is 396 g/mol. The molecule has 0 unspecified atom stereocenters. The first-order valence-corrected chi connectivity index (χ1v) is 11.1. The molecule has 0 aromatic carbocycles. The zero-order chi connectivity index (χ0) is 21.5. The Labute approximate surface area is 181 Å². The number of ether oxygens (including phenoxy) is 1. The Hall–Kier alpha value is -2.90. The SMILES string of the molecule is O=C(CCC12CC(C(=O)O)(C1)C2)N1CCC[C@@H](COc2ccc(-c3ccn[nH]3)nc2)C1. The van der Waals surface area contributed by atoms with Gasteiger partial charge in [0.25, 0.3) is 0 Å². The van der Waals surface area contributed by atoms with Crippen LogP contribution in [0.4, 0.5) is 0 Å². The summed E-state index contributed by atoms with van der Waals surface area (Å²) in [6, 6.07) is 5.68. The average molecular weight is 425 g/mol. The molecule has 1 amide bonds. The molecule has 0 spiro atoms. The number of nitrogens with zero attached hydrogens (tertiary/aromatic N) is 3. The minimum absolute atomic E-state index is 0.127. The van der Waals surface area contributed by atoms with Gasteiger partial charge in [-0.3, -0.25) is 19.7 Å². The minimum Gasteiger partial charge on any atom is -0.492 e. The lowest BCUT2D eigenvalue weighted by molar-refractivity contribution is -0.225. The number of H-pyrrole nitrogens is 1. The van der Waals surface area contributed by atoms with E-state index in [1.165, 1.54) is 0 Å². The Balaban J connectivity index is 1.07. The summed E-state index contributed by atoms with van der Waals surface area (Å²) >= 11 is 0. The fourth-order valence-electron chi connectivity index (χ4n) is 5.69. The van der Waals surface area contributed by atoms with Gasteiger partial charge in [0, 0.05) is 31.6 Å². The smallest absolute Gasteiger partial charge is 0.309 e. The van der Waals surface area contributed by atoms with E-state index in [1.54, 1.807) is 12.4 Å². The maximum atomic E-state index is 12.7. The monoisotopic (exact) mass is 424 g/mol. The van der Waals surface area contributed by atoms with Gasteiger partial charge in [0.2, 0.25) is 5.91 Å². The molecule has 1 saturated heterocycles. The van der Waals surface area contributed by atoms with Gasteiger partial charge < -0.3 is 14.7 Å². The fourth-order valence-corrected chi connectivity index (χ4v) is 5.69. The number of aromatic nitrogens is 3. The Morgan fingerprint density at radius 1 is 1.26 bits per heavy atom. The molecule has 4 aliphatic rings. The largest absolute Gasteiger partial charge is 0.492 e. The Kier molecular flexibility index (Phi) is 4.95. The van der Waals surface area contributed by atoms with E-state index in [-0.39, 0.29) is 11.3 Å². The van der Waals surface area contributed by atoms with Crippen molar-refractivity contribution in [2.75, 3.05) is 19.7 Å². The molecule has 8 heteroatoms. The highest BCUT2D eigenvalue weighted by molar-refractivity contribution is 5.80. The van der Waals surface area contributed by atoms with Crippen molar-refractivity contribution in [3.8, 4) is 17.1 Å². The van der Waals surface area contributed by atoms with Crippen molar-refractivity contribution in [3.63, 3.8) is 0 Å². The highest BCUT2D eigenvalue weighted by Gasteiger charge is 2.71. The summed E-state index contributed by atoms with van der Waals surface area (Å²) in [4.78, 5) is 30.4. The predicted octanol–water partition coefficient (Wildman–Crippen LogP) is 3.12. The van der Waals surface area contributed by atoms with Crippen LogP contribution in [0.1, 0.15) is 44.9 Å². The number of carbonyl (C=O) groups excluding carboxylic acids is 1. The van der Waals surface area contributed by atoms with Crippen LogP contribution in [0, 0.1) is 16.7 Å². The van der Waals surface area contributed by atoms with Crippen LogP contribution in [0.3, 0.4) is 0 Å². The van der Waals surface area contributed by atoms with Crippen molar-refractivity contribution in [1.29, 1.82) is 0 Å². The second kappa shape index (κ2) is 7.66. The maximum Gasteiger partial charge on any atom is 0.309 e. The normalized spacial score (nSPS) is 29.0. The van der Waals surface area contributed by atoms with Crippen molar-refractivity contribution < 1.29 is 19.4 Å². The van der Waals surface area contributed by atoms with Crippen LogP contribution in [-0.4, -0.2) is 56.8 Å². The lowest BCUT2D eigenvalue weighted by Crippen LogP contribution is -2.65. The van der Waals surface area contributed by atoms with Crippen LogP contribution < -0.4 is 4.74 Å². The van der Waals surface area contributed by atoms with E-state index in [2.05, 4.69) is 15.2 Å². The van der Waals surface area contributed by atoms with Crippen molar-refractivity contribution in [2.45, 2.75) is 44.9 Å². The fraction of sp³-hybridized carbons (Fsp3) is 0.565. The van der Waals surface area contributed by atoms with Gasteiger partial charge in [0.15, 0.2) is 0 Å². The van der Waals surface area contributed by atoms with Gasteiger partial charge in [-0.1, -0.05) is 0 Å². The Bertz CT molecular complexity index is 937. The maximum absolute atomic E-state index is 12.7. The van der Waals surface area contributed by atoms with Crippen LogP contribution in [0.2, 0.25) is 0 Å². The van der Waals surface area contributed by atoms with Gasteiger partial charge >= 0.3 is 5.97 Å². The molecule has 8 nitrogen and oxygen atoms in total. The molecule has 3 saturated carbocycles. The van der Waals surface area contributed by atoms with E-state index in [4.69, 9.17) is 4.74 Å². The average Bonchev–Trinajstić information content (AvgIpc) is 3.25. The van der Waals surface area contributed by atoms with Crippen LogP contribution in [0.5, 0.6) is 5.75 Å². The molecule has 2 N–H and O–H groups in total. The molecule has 4 fully saturated rings. The first-order chi connectivity index (χ1) is 15.0. The van der Waals surface area contributed by atoms with E-state index < -0.39 is 11.4 Å². The van der Waals surface area contributed by atoms with Crippen molar-refractivity contribution in [2.24, 2.45) is 16.7 Å². The Morgan fingerprint density at radius 2 is 2.10 bits per heavy atom. The van der Waals surface area contributed by atoms with E-state index in [1.807, 2.05) is 23.1 Å². The molecule has 6 rings (SSSR count). The van der Waals surface area contributed by atoms with Crippen LogP contribution in [0.25, 0.3) is 11.4 Å². The molecule has 31 heavy (non-hydrogen) atoms. The predicted molar refractivity (Wildman–Crippen MR) is 112 cm³/mol.